The summed E-state index contributed by atoms with van der Waals surface area (Å²) in [5.41, 5.74) is 2.52. The van der Waals surface area contributed by atoms with E-state index < -0.39 is 0 Å². The van der Waals surface area contributed by atoms with E-state index in [-0.39, 0.29) is 0 Å². The van der Waals surface area contributed by atoms with E-state index in [0.717, 1.165) is 18.6 Å². The van der Waals surface area contributed by atoms with Crippen LogP contribution in [0.25, 0.3) is 0 Å². The fraction of sp³-hybridized carbons (Fsp3) is 0.545. The lowest BCUT2D eigenvalue weighted by Gasteiger charge is -2.14. The van der Waals surface area contributed by atoms with Crippen LogP contribution in [0.5, 0.6) is 0 Å². The minimum absolute atomic E-state index is 0.453. The van der Waals surface area contributed by atoms with Gasteiger partial charge in [0.25, 0.3) is 0 Å². The molecule has 1 aliphatic rings. The highest BCUT2D eigenvalue weighted by atomic mass is 79.9. The molecule has 14 heavy (non-hydrogen) atoms. The summed E-state index contributed by atoms with van der Waals surface area (Å²) in [4.78, 5) is 4.50. The predicted molar refractivity (Wildman–Crippen MR) is 70.1 cm³/mol. The van der Waals surface area contributed by atoms with Crippen LogP contribution in [0.1, 0.15) is 33.6 Å². The average molecular weight is 321 g/mol. The molecule has 3 heteroatoms. The quantitative estimate of drug-likeness (QED) is 0.659. The van der Waals surface area contributed by atoms with Gasteiger partial charge in [-0.3, -0.25) is 4.99 Å². The van der Waals surface area contributed by atoms with Crippen LogP contribution in [0.3, 0.4) is 0 Å². The van der Waals surface area contributed by atoms with E-state index in [1.165, 1.54) is 14.5 Å². The van der Waals surface area contributed by atoms with Gasteiger partial charge in [0, 0.05) is 15.2 Å². The molecule has 0 spiro atoms. The van der Waals surface area contributed by atoms with Crippen molar-refractivity contribution in [2.75, 3.05) is 0 Å². The maximum absolute atomic E-state index is 4.50. The number of rotatable bonds is 1. The van der Waals surface area contributed by atoms with Crippen LogP contribution in [-0.4, -0.2) is 5.71 Å². The van der Waals surface area contributed by atoms with Gasteiger partial charge in [-0.25, -0.2) is 0 Å². The predicted octanol–water partition coefficient (Wildman–Crippen LogP) is 4.78. The molecule has 0 fully saturated rings. The Hall–Kier alpha value is 0.110. The van der Waals surface area contributed by atoms with Gasteiger partial charge in [0.05, 0.1) is 5.71 Å². The lowest BCUT2D eigenvalue weighted by atomic mass is 10.0. The average Bonchev–Trinajstić information content (AvgIpc) is 2.12. The summed E-state index contributed by atoms with van der Waals surface area (Å²) in [5.74, 6) is 0.453. The second-order valence-electron chi connectivity index (χ2n) is 3.84. The zero-order chi connectivity index (χ0) is 10.7. The van der Waals surface area contributed by atoms with Crippen LogP contribution in [0, 0.1) is 5.92 Å². The molecule has 1 aliphatic heterocycles. The van der Waals surface area contributed by atoms with Crippen molar-refractivity contribution in [2.45, 2.75) is 33.6 Å². The highest BCUT2D eigenvalue weighted by molar-refractivity contribution is 9.12. The highest BCUT2D eigenvalue weighted by Gasteiger charge is 2.13. The van der Waals surface area contributed by atoms with Crippen LogP contribution < -0.4 is 0 Å². The third kappa shape index (κ3) is 3.06. The molecule has 0 aliphatic carbocycles. The van der Waals surface area contributed by atoms with E-state index in [9.17, 15) is 0 Å². The lowest BCUT2D eigenvalue weighted by Crippen LogP contribution is -2.09. The summed E-state index contributed by atoms with van der Waals surface area (Å²) in [6, 6.07) is 0. The second kappa shape index (κ2) is 5.26. The van der Waals surface area contributed by atoms with Crippen LogP contribution in [0.15, 0.2) is 25.7 Å². The third-order valence-electron chi connectivity index (χ3n) is 2.23. The summed E-state index contributed by atoms with van der Waals surface area (Å²) in [7, 11) is 0. The molecule has 0 amide bonds. The van der Waals surface area contributed by atoms with E-state index in [4.69, 9.17) is 0 Å². The van der Waals surface area contributed by atoms with Crippen molar-refractivity contribution in [1.82, 2.24) is 0 Å². The van der Waals surface area contributed by atoms with E-state index in [1.54, 1.807) is 0 Å². The number of aliphatic imine (C=N–C) groups is 1. The summed E-state index contributed by atoms with van der Waals surface area (Å²) < 4.78 is 2.36. The van der Waals surface area contributed by atoms with Crippen molar-refractivity contribution in [3.63, 3.8) is 0 Å². The van der Waals surface area contributed by atoms with E-state index in [2.05, 4.69) is 57.6 Å². The van der Waals surface area contributed by atoms with Crippen LogP contribution >= 0.6 is 31.9 Å². The topological polar surface area (TPSA) is 12.4 Å². The van der Waals surface area contributed by atoms with E-state index >= 15 is 0 Å². The first-order valence-corrected chi connectivity index (χ1v) is 6.38. The maximum atomic E-state index is 4.50. The molecule has 1 heterocycles. The number of nitrogens with zero attached hydrogens (tertiary/aromatic N) is 1. The summed E-state index contributed by atoms with van der Waals surface area (Å²) in [6.07, 6.45) is 4.04. The molecule has 0 radical (unpaired) electrons. The van der Waals surface area contributed by atoms with Crippen molar-refractivity contribution in [3.05, 3.63) is 20.7 Å². The molecule has 0 N–H and O–H groups in total. The van der Waals surface area contributed by atoms with Gasteiger partial charge in [-0.15, -0.1) is 0 Å². The normalized spacial score (nSPS) is 31.6. The fourth-order valence-corrected chi connectivity index (χ4v) is 2.36. The Morgan fingerprint density at radius 1 is 1.29 bits per heavy atom. The standard InChI is InChI=1S/C11H15Br2N/c1-7(2)11-10(13)8(3)4-5-9(12)6-14-11/h6-7H,4-5H2,1-3H3/b9-6+,10-8-,14-11-. The third-order valence-corrected chi connectivity index (χ3v) is 3.91. The largest absolute Gasteiger partial charge is 0.259 e. The highest BCUT2D eigenvalue weighted by Crippen LogP contribution is 2.27. The molecule has 78 valence electrons. The zero-order valence-corrected chi connectivity index (χ0v) is 11.9. The van der Waals surface area contributed by atoms with Gasteiger partial charge in [0.1, 0.15) is 0 Å². The molecule has 0 saturated heterocycles. The van der Waals surface area contributed by atoms with E-state index in [1.807, 2.05) is 6.20 Å². The molecular formula is C11H15Br2N. The van der Waals surface area contributed by atoms with Crippen molar-refractivity contribution < 1.29 is 0 Å². The van der Waals surface area contributed by atoms with Gasteiger partial charge in [0.15, 0.2) is 0 Å². The van der Waals surface area contributed by atoms with Crippen molar-refractivity contribution in [3.8, 4) is 0 Å². The fourth-order valence-electron chi connectivity index (χ4n) is 1.30. The van der Waals surface area contributed by atoms with Gasteiger partial charge < -0.3 is 0 Å². The van der Waals surface area contributed by atoms with Crippen molar-refractivity contribution >= 4 is 37.6 Å². The molecule has 0 aromatic heterocycles. The number of allylic oxidation sites excluding steroid dienone is 3. The Morgan fingerprint density at radius 3 is 2.50 bits per heavy atom. The molecule has 0 aromatic carbocycles. The number of hydrogen-bond donors (Lipinski definition) is 0. The Morgan fingerprint density at radius 2 is 1.93 bits per heavy atom. The van der Waals surface area contributed by atoms with E-state index in [0.29, 0.717) is 5.92 Å². The minimum Gasteiger partial charge on any atom is -0.259 e. The molecule has 1 nitrogen and oxygen atoms in total. The first-order valence-electron chi connectivity index (χ1n) is 4.80. The SMILES string of the molecule is C\C1=C(Br)/C(C(C)C)=N\C=C(\Br)CC1. The number of hydrogen-bond acceptors (Lipinski definition) is 1. The molecule has 0 bridgehead atoms. The Labute approximate surface area is 103 Å². The van der Waals surface area contributed by atoms with Crippen LogP contribution in [0.2, 0.25) is 0 Å². The van der Waals surface area contributed by atoms with Gasteiger partial charge >= 0.3 is 0 Å². The Bertz CT molecular complexity index is 311. The zero-order valence-electron chi connectivity index (χ0n) is 8.77. The molecule has 0 unspecified atom stereocenters. The first-order chi connectivity index (χ1) is 6.52. The summed E-state index contributed by atoms with van der Waals surface area (Å²) in [6.45, 7) is 6.49. The molecule has 1 rings (SSSR count). The molecular weight excluding hydrogens is 306 g/mol. The maximum Gasteiger partial charge on any atom is 0.0570 e. The second-order valence-corrected chi connectivity index (χ2v) is 5.65. The smallest absolute Gasteiger partial charge is 0.0570 e. The van der Waals surface area contributed by atoms with Gasteiger partial charge in [-0.1, -0.05) is 35.4 Å². The Balaban J connectivity index is 3.11. The summed E-state index contributed by atoms with van der Waals surface area (Å²) in [5, 5.41) is 0. The lowest BCUT2D eigenvalue weighted by molar-refractivity contribution is 0.877. The Kier molecular flexibility index (Phi) is 4.58. The summed E-state index contributed by atoms with van der Waals surface area (Å²) >= 11 is 7.14. The first kappa shape index (κ1) is 12.2. The molecule has 0 saturated carbocycles. The van der Waals surface area contributed by atoms with Gasteiger partial charge in [0.2, 0.25) is 0 Å². The minimum atomic E-state index is 0.453. The monoisotopic (exact) mass is 319 g/mol. The molecule has 0 aromatic rings. The van der Waals surface area contributed by atoms with Gasteiger partial charge in [-0.2, -0.15) is 0 Å². The van der Waals surface area contributed by atoms with Crippen LogP contribution in [0.4, 0.5) is 0 Å². The van der Waals surface area contributed by atoms with Crippen molar-refractivity contribution in [2.24, 2.45) is 10.9 Å². The van der Waals surface area contributed by atoms with Crippen LogP contribution in [-0.2, 0) is 0 Å². The number of halogens is 2. The van der Waals surface area contributed by atoms with Crippen molar-refractivity contribution in [1.29, 1.82) is 0 Å². The molecule has 0 atom stereocenters. The van der Waals surface area contributed by atoms with Gasteiger partial charge in [-0.05, 0) is 41.6 Å².